The molecule has 0 bridgehead atoms. The Morgan fingerprint density at radius 1 is 0.697 bits per heavy atom. The largest absolute Gasteiger partial charge is 0.496 e. The van der Waals surface area contributed by atoms with Crippen molar-refractivity contribution in [2.45, 2.75) is 72.4 Å². The molecule has 2 atom stereocenters. The van der Waals surface area contributed by atoms with Gasteiger partial charge in [-0.15, -0.1) is 0 Å². The molecule has 4 N–H and O–H groups in total. The number of nitrogens with zero attached hydrogens (tertiary/aromatic N) is 1. The van der Waals surface area contributed by atoms with Gasteiger partial charge in [0, 0.05) is 23.7 Å². The van der Waals surface area contributed by atoms with Crippen LogP contribution in [0.3, 0.4) is 0 Å². The molecule has 0 saturated heterocycles. The van der Waals surface area contributed by atoms with Gasteiger partial charge in [0.2, 0.25) is 0 Å². The molecule has 0 aliphatic carbocycles. The van der Waals surface area contributed by atoms with Crippen molar-refractivity contribution in [2.75, 3.05) is 19.5 Å². The third kappa shape index (κ3) is 14.0. The number of nitrogens with one attached hydrogen (secondary N) is 4. The number of hydrogen-bond acceptors (Lipinski definition) is 15. The molecule has 0 radical (unpaired) electrons. The molecule has 1 aromatic heterocycles. The highest BCUT2D eigenvalue weighted by Gasteiger charge is 2.36. The van der Waals surface area contributed by atoms with Gasteiger partial charge in [-0.1, -0.05) is 35.9 Å². The summed E-state index contributed by atoms with van der Waals surface area (Å²) in [6.07, 6.45) is -1.34. The van der Waals surface area contributed by atoms with E-state index in [1.807, 2.05) is 0 Å². The van der Waals surface area contributed by atoms with E-state index in [1.165, 1.54) is 76.7 Å². The summed E-state index contributed by atoms with van der Waals surface area (Å²) in [5.41, 5.74) is 0.884. The van der Waals surface area contributed by atoms with E-state index < -0.39 is 68.6 Å². The van der Waals surface area contributed by atoms with E-state index in [-0.39, 0.29) is 45.0 Å². The number of rotatable bonds is 19. The summed E-state index contributed by atoms with van der Waals surface area (Å²) in [6, 6.07) is 19.5. The van der Waals surface area contributed by atoms with Crippen LogP contribution in [0.4, 0.5) is 15.3 Å². The van der Waals surface area contributed by atoms with E-state index in [0.717, 1.165) is 0 Å². The summed E-state index contributed by atoms with van der Waals surface area (Å²) in [4.78, 5) is 68.8. The van der Waals surface area contributed by atoms with Crippen molar-refractivity contribution in [1.82, 2.24) is 20.5 Å². The van der Waals surface area contributed by atoms with E-state index in [2.05, 4.69) is 25.8 Å². The van der Waals surface area contributed by atoms with Crippen LogP contribution in [0.2, 0.25) is 5.02 Å². The van der Waals surface area contributed by atoms with Gasteiger partial charge >= 0.3 is 31.8 Å². The van der Waals surface area contributed by atoms with Gasteiger partial charge in [0.05, 0.1) is 48.2 Å². The Balaban J connectivity index is 1.29. The third-order valence-corrected chi connectivity index (χ3v) is 11.0. The number of amides is 3. The van der Waals surface area contributed by atoms with Crippen molar-refractivity contribution < 1.29 is 66.2 Å². The zero-order valence-corrected chi connectivity index (χ0v) is 38.8. The van der Waals surface area contributed by atoms with E-state index >= 15 is 0 Å². The molecule has 0 fully saturated rings. The number of esters is 2. The number of fused-ring (bicyclic) bond motifs is 1. The molecule has 350 valence electrons. The number of carbonyl (C=O) groups is 5. The van der Waals surface area contributed by atoms with Crippen molar-refractivity contribution in [3.8, 4) is 34.5 Å². The van der Waals surface area contributed by atoms with Crippen LogP contribution in [0.5, 0.6) is 34.5 Å². The average Bonchev–Trinajstić information content (AvgIpc) is 3.26. The first-order valence-corrected chi connectivity index (χ1v) is 22.3. The highest BCUT2D eigenvalue weighted by Crippen LogP contribution is 2.44. The Hall–Kier alpha value is -6.92. The van der Waals surface area contributed by atoms with Crippen molar-refractivity contribution in [2.24, 2.45) is 0 Å². The van der Waals surface area contributed by atoms with Gasteiger partial charge in [-0.3, -0.25) is 30.0 Å². The molecule has 66 heavy (non-hydrogen) atoms. The number of methoxy groups -OCH3 is 2. The van der Waals surface area contributed by atoms with Crippen LogP contribution < -0.4 is 44.3 Å². The number of para-hydroxylation sites is 1. The van der Waals surface area contributed by atoms with Crippen LogP contribution in [0.15, 0.2) is 91.1 Å². The molecule has 0 saturated carbocycles. The summed E-state index contributed by atoms with van der Waals surface area (Å²) in [5, 5.41) is 10.5. The maximum atomic E-state index is 14.3. The Labute approximate surface area is 385 Å². The van der Waals surface area contributed by atoms with E-state index in [1.54, 1.807) is 70.2 Å². The number of carbonyl (C=O) groups excluding carboxylic acids is 5. The number of alkyl carbamates (subject to hydrolysis) is 1. The molecular weight excluding hydrogens is 901 g/mol. The average molecular weight is 950 g/mol. The normalized spacial score (nSPS) is 12.1. The Morgan fingerprint density at radius 2 is 1.35 bits per heavy atom. The van der Waals surface area contributed by atoms with Gasteiger partial charge < -0.3 is 37.7 Å². The van der Waals surface area contributed by atoms with E-state index in [9.17, 15) is 28.5 Å². The minimum absolute atomic E-state index is 0.0665. The van der Waals surface area contributed by atoms with Gasteiger partial charge in [0.25, 0.3) is 5.91 Å². The predicted molar refractivity (Wildman–Crippen MR) is 242 cm³/mol. The number of imide groups is 1. The maximum Gasteiger partial charge on any atom is 0.417 e. The summed E-state index contributed by atoms with van der Waals surface area (Å²) >= 11 is 6.47. The fourth-order valence-electron chi connectivity index (χ4n) is 5.84. The number of anilines is 1. The van der Waals surface area contributed by atoms with Crippen molar-refractivity contribution in [3.05, 3.63) is 107 Å². The van der Waals surface area contributed by atoms with Crippen LogP contribution >= 0.6 is 19.3 Å². The van der Waals surface area contributed by atoms with Crippen LogP contribution in [0.25, 0.3) is 10.9 Å². The molecule has 1 heterocycles. The Morgan fingerprint density at radius 3 is 1.95 bits per heavy atom. The number of benzene rings is 4. The lowest BCUT2D eigenvalue weighted by Gasteiger charge is -2.27. The third-order valence-electron chi connectivity index (χ3n) is 8.80. The van der Waals surface area contributed by atoms with Gasteiger partial charge in [-0.25, -0.2) is 24.3 Å². The number of aromatic nitrogens is 1. The molecule has 0 aliphatic rings. The van der Waals surface area contributed by atoms with E-state index in [0.29, 0.717) is 22.2 Å². The number of pyridine rings is 1. The SMILES string of the molecule is COc1ccc(COC(=O)NC(=O)c2cc3c(Oc4ccc(NC(=O)Oc5ccccc5)c(Cl)c4)ccnc3cc2OC)cc1OP(=O)(N[C@@H](C)C(=O)OC(C)C)N[C@@H](C)C(=O)OC(C)C. The first-order valence-electron chi connectivity index (χ1n) is 20.3. The standard InChI is InChI=1S/C45H49ClN5O14P/c1-25(2)61-42(53)27(5)50-66(57,51-28(6)43(54)62-26(3)4)65-40-20-29(14-17-38(40)58-7)24-60-44(55)49-41(52)33-22-32-36(23-39(33)59-8)47-19-18-37(32)63-31-15-16-35(34(46)21-31)48-45(56)64-30-12-10-9-11-13-30/h9-23,25-28H,24H2,1-8H3,(H,48,56)(H,49,52,55)(H2,50,51,57)/t27-,28-/m0/s1. The molecular formula is C45H49ClN5O14P. The number of hydrogen-bond donors (Lipinski definition) is 4. The number of halogens is 1. The van der Waals surface area contributed by atoms with Crippen molar-refractivity contribution in [3.63, 3.8) is 0 Å². The quantitative estimate of drug-likeness (QED) is 0.0344. The first kappa shape index (κ1) is 50.1. The molecule has 5 aromatic rings. The molecule has 0 spiro atoms. The monoisotopic (exact) mass is 949 g/mol. The second-order valence-electron chi connectivity index (χ2n) is 14.8. The second kappa shape index (κ2) is 22.8. The highest BCUT2D eigenvalue weighted by atomic mass is 35.5. The molecule has 5 rings (SSSR count). The lowest BCUT2D eigenvalue weighted by molar-refractivity contribution is -0.149. The molecule has 3 amide bonds. The van der Waals surface area contributed by atoms with E-state index in [4.69, 9.17) is 49.3 Å². The topological polar surface area (TPSA) is 237 Å². The minimum atomic E-state index is -4.36. The molecule has 0 unspecified atom stereocenters. The number of ether oxygens (including phenoxy) is 7. The molecule has 21 heteroatoms. The van der Waals surface area contributed by atoms with Gasteiger partial charge in [-0.2, -0.15) is 0 Å². The summed E-state index contributed by atoms with van der Waals surface area (Å²) in [5.74, 6) is -1.41. The molecule has 19 nitrogen and oxygen atoms in total. The highest BCUT2D eigenvalue weighted by molar-refractivity contribution is 7.55. The Bertz CT molecular complexity index is 2580. The fourth-order valence-corrected chi connectivity index (χ4v) is 7.89. The predicted octanol–water partition coefficient (Wildman–Crippen LogP) is 8.72. The van der Waals surface area contributed by atoms with Gasteiger partial charge in [-0.05, 0) is 95.6 Å². The van der Waals surface area contributed by atoms with Crippen molar-refractivity contribution >= 4 is 65.9 Å². The van der Waals surface area contributed by atoms with Crippen LogP contribution in [0, 0.1) is 0 Å². The Kier molecular flexibility index (Phi) is 17.3. The van der Waals surface area contributed by atoms with Gasteiger partial charge in [0.15, 0.2) is 11.5 Å². The molecule has 4 aromatic carbocycles. The minimum Gasteiger partial charge on any atom is -0.496 e. The summed E-state index contributed by atoms with van der Waals surface area (Å²) in [6.45, 7) is 9.00. The van der Waals surface area contributed by atoms with Crippen LogP contribution in [0.1, 0.15) is 57.5 Å². The van der Waals surface area contributed by atoms with Crippen molar-refractivity contribution in [1.29, 1.82) is 0 Å². The molecule has 0 aliphatic heterocycles. The zero-order chi connectivity index (χ0) is 48.1. The van der Waals surface area contributed by atoms with Gasteiger partial charge in [0.1, 0.15) is 41.7 Å². The van der Waals surface area contributed by atoms with Crippen LogP contribution in [-0.4, -0.2) is 73.5 Å². The fraction of sp³-hybridized carbons (Fsp3) is 0.289. The lowest BCUT2D eigenvalue weighted by Crippen LogP contribution is -2.43. The summed E-state index contributed by atoms with van der Waals surface area (Å²) in [7, 11) is -1.69. The maximum absolute atomic E-state index is 14.3. The smallest absolute Gasteiger partial charge is 0.417 e. The second-order valence-corrected chi connectivity index (χ2v) is 17.0. The summed E-state index contributed by atoms with van der Waals surface area (Å²) < 4.78 is 58.4. The van der Waals surface area contributed by atoms with Crippen LogP contribution in [-0.2, 0) is 35.0 Å². The first-order chi connectivity index (χ1) is 31.4. The zero-order valence-electron chi connectivity index (χ0n) is 37.2. The lowest BCUT2D eigenvalue weighted by atomic mass is 10.1.